The summed E-state index contributed by atoms with van der Waals surface area (Å²) in [5.41, 5.74) is 7.74. The molecule has 0 saturated heterocycles. The van der Waals surface area contributed by atoms with Crippen molar-refractivity contribution >= 4 is 5.97 Å². The standard InChI is InChI=1S/C10H14N2O2/c1-7-4-8(6-12-5-7)9(11)2-3-10(13)14/h4-6,9H,2-3,11H2,1H3,(H,13,14). The third-order valence-electron chi connectivity index (χ3n) is 1.99. The first-order valence-electron chi connectivity index (χ1n) is 4.48. The zero-order valence-corrected chi connectivity index (χ0v) is 8.10. The van der Waals surface area contributed by atoms with Gasteiger partial charge in [0.05, 0.1) is 0 Å². The van der Waals surface area contributed by atoms with Crippen LogP contribution in [0, 0.1) is 6.92 Å². The van der Waals surface area contributed by atoms with E-state index in [-0.39, 0.29) is 12.5 Å². The van der Waals surface area contributed by atoms with Gasteiger partial charge in [-0.1, -0.05) is 6.07 Å². The van der Waals surface area contributed by atoms with Gasteiger partial charge in [-0.25, -0.2) is 0 Å². The van der Waals surface area contributed by atoms with E-state index >= 15 is 0 Å². The van der Waals surface area contributed by atoms with E-state index in [9.17, 15) is 4.79 Å². The Morgan fingerprint density at radius 3 is 2.93 bits per heavy atom. The molecule has 1 rings (SSSR count). The molecule has 0 aliphatic carbocycles. The minimum absolute atomic E-state index is 0.0924. The van der Waals surface area contributed by atoms with Crippen LogP contribution in [0.5, 0.6) is 0 Å². The van der Waals surface area contributed by atoms with Crippen LogP contribution in [0.1, 0.15) is 30.0 Å². The highest BCUT2D eigenvalue weighted by atomic mass is 16.4. The van der Waals surface area contributed by atoms with Crippen LogP contribution in [0.15, 0.2) is 18.5 Å². The maximum atomic E-state index is 10.3. The lowest BCUT2D eigenvalue weighted by molar-refractivity contribution is -0.137. The van der Waals surface area contributed by atoms with Gasteiger partial charge in [-0.2, -0.15) is 0 Å². The number of rotatable bonds is 4. The van der Waals surface area contributed by atoms with Gasteiger partial charge in [0.25, 0.3) is 0 Å². The Balaban J connectivity index is 2.60. The number of nitrogens with two attached hydrogens (primary N) is 1. The average molecular weight is 194 g/mol. The highest BCUT2D eigenvalue weighted by Gasteiger charge is 2.08. The second-order valence-electron chi connectivity index (χ2n) is 3.33. The number of hydrogen-bond donors (Lipinski definition) is 2. The van der Waals surface area contributed by atoms with Crippen molar-refractivity contribution in [2.75, 3.05) is 0 Å². The number of aliphatic carboxylic acids is 1. The number of carbonyl (C=O) groups is 1. The van der Waals surface area contributed by atoms with Gasteiger partial charge in [0.15, 0.2) is 0 Å². The van der Waals surface area contributed by atoms with Gasteiger partial charge in [-0.15, -0.1) is 0 Å². The maximum Gasteiger partial charge on any atom is 0.303 e. The first kappa shape index (κ1) is 10.7. The van der Waals surface area contributed by atoms with Crippen molar-refractivity contribution in [1.82, 2.24) is 4.98 Å². The Kier molecular flexibility index (Phi) is 3.59. The Hall–Kier alpha value is -1.42. The molecule has 3 N–H and O–H groups in total. The summed E-state index contributed by atoms with van der Waals surface area (Å²) in [6, 6.07) is 1.69. The van der Waals surface area contributed by atoms with Gasteiger partial charge in [0.2, 0.25) is 0 Å². The van der Waals surface area contributed by atoms with E-state index in [1.165, 1.54) is 0 Å². The van der Waals surface area contributed by atoms with Gasteiger partial charge >= 0.3 is 5.97 Å². The number of aromatic nitrogens is 1. The van der Waals surface area contributed by atoms with Crippen LogP contribution >= 0.6 is 0 Å². The Morgan fingerprint density at radius 1 is 1.64 bits per heavy atom. The first-order valence-corrected chi connectivity index (χ1v) is 4.48. The van der Waals surface area contributed by atoms with Crippen LogP contribution in [0.4, 0.5) is 0 Å². The number of carboxylic acid groups (broad SMARTS) is 1. The topological polar surface area (TPSA) is 76.2 Å². The van der Waals surface area contributed by atoms with E-state index in [0.717, 1.165) is 11.1 Å². The normalized spacial score (nSPS) is 12.4. The zero-order valence-electron chi connectivity index (χ0n) is 8.10. The first-order chi connectivity index (χ1) is 6.59. The fourth-order valence-corrected chi connectivity index (χ4v) is 1.23. The second kappa shape index (κ2) is 4.72. The molecule has 1 unspecified atom stereocenters. The third kappa shape index (κ3) is 3.14. The van der Waals surface area contributed by atoms with Crippen molar-refractivity contribution in [1.29, 1.82) is 0 Å². The molecule has 0 fully saturated rings. The summed E-state index contributed by atoms with van der Waals surface area (Å²) in [5, 5.41) is 8.49. The summed E-state index contributed by atoms with van der Waals surface area (Å²) < 4.78 is 0. The molecule has 0 bridgehead atoms. The molecule has 1 atom stereocenters. The molecule has 1 aromatic heterocycles. The molecule has 0 spiro atoms. The maximum absolute atomic E-state index is 10.3. The Labute approximate surface area is 82.8 Å². The largest absolute Gasteiger partial charge is 0.481 e. The van der Waals surface area contributed by atoms with Crippen molar-refractivity contribution in [2.24, 2.45) is 5.73 Å². The van der Waals surface area contributed by atoms with Crippen molar-refractivity contribution in [3.8, 4) is 0 Å². The quantitative estimate of drug-likeness (QED) is 0.756. The summed E-state index contributed by atoms with van der Waals surface area (Å²) in [6.45, 7) is 1.93. The Morgan fingerprint density at radius 2 is 2.36 bits per heavy atom. The minimum Gasteiger partial charge on any atom is -0.481 e. The van der Waals surface area contributed by atoms with E-state index in [2.05, 4.69) is 4.98 Å². The van der Waals surface area contributed by atoms with Crippen LogP contribution in [0.25, 0.3) is 0 Å². The molecule has 1 heterocycles. The van der Waals surface area contributed by atoms with Crippen molar-refractivity contribution in [2.45, 2.75) is 25.8 Å². The van der Waals surface area contributed by atoms with E-state index in [1.54, 1.807) is 12.4 Å². The molecule has 0 aliphatic rings. The lowest BCUT2D eigenvalue weighted by Gasteiger charge is -2.10. The van der Waals surface area contributed by atoms with E-state index in [0.29, 0.717) is 6.42 Å². The average Bonchev–Trinajstić information content (AvgIpc) is 2.14. The van der Waals surface area contributed by atoms with Gasteiger partial charge in [-0.05, 0) is 24.5 Å². The number of nitrogens with zero attached hydrogens (tertiary/aromatic N) is 1. The molecule has 1 aromatic rings. The summed E-state index contributed by atoms with van der Waals surface area (Å²) in [4.78, 5) is 14.3. The van der Waals surface area contributed by atoms with Gasteiger partial charge in [0, 0.05) is 24.9 Å². The SMILES string of the molecule is Cc1cncc(C(N)CCC(=O)O)c1. The van der Waals surface area contributed by atoms with Gasteiger partial charge in [0.1, 0.15) is 0 Å². The molecule has 0 aromatic carbocycles. The third-order valence-corrected chi connectivity index (χ3v) is 1.99. The summed E-state index contributed by atoms with van der Waals surface area (Å²) in [5.74, 6) is -0.818. The van der Waals surface area contributed by atoms with Crippen molar-refractivity contribution < 1.29 is 9.90 Å². The fraction of sp³-hybridized carbons (Fsp3) is 0.400. The van der Waals surface area contributed by atoms with Crippen LogP contribution in [0.2, 0.25) is 0 Å². The number of hydrogen-bond acceptors (Lipinski definition) is 3. The molecular formula is C10H14N2O2. The number of aryl methyl sites for hydroxylation is 1. The molecule has 14 heavy (non-hydrogen) atoms. The van der Waals surface area contributed by atoms with Crippen LogP contribution in [0.3, 0.4) is 0 Å². The molecule has 0 saturated carbocycles. The van der Waals surface area contributed by atoms with Crippen molar-refractivity contribution in [3.05, 3.63) is 29.6 Å². The van der Waals surface area contributed by atoms with E-state index in [4.69, 9.17) is 10.8 Å². The highest BCUT2D eigenvalue weighted by molar-refractivity contribution is 5.66. The van der Waals surface area contributed by atoms with Gasteiger partial charge < -0.3 is 10.8 Å². The van der Waals surface area contributed by atoms with Crippen LogP contribution in [-0.2, 0) is 4.79 Å². The zero-order chi connectivity index (χ0) is 10.6. The molecule has 4 nitrogen and oxygen atoms in total. The van der Waals surface area contributed by atoms with Crippen LogP contribution < -0.4 is 5.73 Å². The van der Waals surface area contributed by atoms with Gasteiger partial charge in [-0.3, -0.25) is 9.78 Å². The smallest absolute Gasteiger partial charge is 0.303 e. The Bertz CT molecular complexity index is 326. The van der Waals surface area contributed by atoms with E-state index in [1.807, 2.05) is 13.0 Å². The predicted octanol–water partition coefficient (Wildman–Crippen LogP) is 1.25. The highest BCUT2D eigenvalue weighted by Crippen LogP contribution is 2.15. The summed E-state index contributed by atoms with van der Waals surface area (Å²) in [7, 11) is 0. The molecule has 0 amide bonds. The second-order valence-corrected chi connectivity index (χ2v) is 3.33. The van der Waals surface area contributed by atoms with Crippen molar-refractivity contribution in [3.63, 3.8) is 0 Å². The lowest BCUT2D eigenvalue weighted by Crippen LogP contribution is -2.12. The van der Waals surface area contributed by atoms with E-state index < -0.39 is 5.97 Å². The lowest BCUT2D eigenvalue weighted by atomic mass is 10.0. The number of carboxylic acids is 1. The molecule has 4 heteroatoms. The molecular weight excluding hydrogens is 180 g/mol. The fourth-order valence-electron chi connectivity index (χ4n) is 1.23. The van der Waals surface area contributed by atoms with Crippen LogP contribution in [-0.4, -0.2) is 16.1 Å². The summed E-state index contributed by atoms with van der Waals surface area (Å²) in [6.07, 6.45) is 3.96. The molecule has 0 radical (unpaired) electrons. The molecule has 76 valence electrons. The number of pyridine rings is 1. The monoisotopic (exact) mass is 194 g/mol. The predicted molar refractivity (Wildman–Crippen MR) is 52.8 cm³/mol. The minimum atomic E-state index is -0.818. The summed E-state index contributed by atoms with van der Waals surface area (Å²) >= 11 is 0. The molecule has 0 aliphatic heterocycles.